The van der Waals surface area contributed by atoms with Gasteiger partial charge in [-0.15, -0.1) is 11.3 Å². The molecular weight excluding hydrogens is 340 g/mol. The van der Waals surface area contributed by atoms with E-state index in [4.69, 9.17) is 5.11 Å². The zero-order chi connectivity index (χ0) is 15.8. The van der Waals surface area contributed by atoms with Crippen LogP contribution in [-0.2, 0) is 24.7 Å². The molecule has 1 fully saturated rings. The van der Waals surface area contributed by atoms with Gasteiger partial charge in [-0.25, -0.2) is 21.8 Å². The molecule has 0 aromatic carbocycles. The number of sulfonamides is 1. The Morgan fingerprint density at radius 2 is 2.24 bits per heavy atom. The largest absolute Gasteiger partial charge is 0.481 e. The number of hydrogen-bond donors (Lipinski definition) is 1. The number of nitrogens with zero attached hydrogens (tertiary/aromatic N) is 2. The predicted octanol–water partition coefficient (Wildman–Crippen LogP) is -0.286. The predicted molar refractivity (Wildman–Crippen MR) is 75.4 cm³/mol. The van der Waals surface area contributed by atoms with Gasteiger partial charge in [0.05, 0.1) is 29.1 Å². The monoisotopic (exact) mass is 354 g/mol. The average Bonchev–Trinajstić information content (AvgIpc) is 2.74. The summed E-state index contributed by atoms with van der Waals surface area (Å²) in [5.41, 5.74) is 0. The number of sulfone groups is 1. The quantitative estimate of drug-likeness (QED) is 0.788. The highest BCUT2D eigenvalue weighted by Gasteiger charge is 2.40. The summed E-state index contributed by atoms with van der Waals surface area (Å²) in [5.74, 6) is -2.02. The molecule has 1 atom stereocenters. The van der Waals surface area contributed by atoms with Gasteiger partial charge in [-0.1, -0.05) is 0 Å². The normalized spacial score (nSPS) is 23.0. The molecule has 0 saturated carbocycles. The fourth-order valence-electron chi connectivity index (χ4n) is 2.13. The second-order valence-electron chi connectivity index (χ2n) is 4.68. The van der Waals surface area contributed by atoms with Crippen molar-refractivity contribution in [2.75, 3.05) is 18.1 Å². The third-order valence-electron chi connectivity index (χ3n) is 3.05. The van der Waals surface area contributed by atoms with Crippen LogP contribution in [0.5, 0.6) is 0 Å². The smallest absolute Gasteiger partial charge is 0.305 e. The van der Waals surface area contributed by atoms with E-state index in [0.29, 0.717) is 5.01 Å². The summed E-state index contributed by atoms with van der Waals surface area (Å²) in [6, 6.07) is -1.09. The summed E-state index contributed by atoms with van der Waals surface area (Å²) in [5, 5.41) is 9.43. The van der Waals surface area contributed by atoms with E-state index in [1.807, 2.05) is 0 Å². The van der Waals surface area contributed by atoms with E-state index >= 15 is 0 Å². The highest BCUT2D eigenvalue weighted by atomic mass is 32.2. The molecule has 2 rings (SSSR count). The first-order chi connectivity index (χ1) is 9.62. The molecule has 1 aliphatic heterocycles. The standard InChI is InChI=1S/C10H14N2O6S3/c1-7-11-5-10(19-7)21(17,18)12-2-3-20(15,16)6-8(12)4-9(13)14/h5,8H,2-4,6H2,1H3,(H,13,14). The van der Waals surface area contributed by atoms with E-state index in [9.17, 15) is 21.6 Å². The third-order valence-corrected chi connectivity index (χ3v) is 8.05. The lowest BCUT2D eigenvalue weighted by Crippen LogP contribution is -2.51. The molecule has 0 bridgehead atoms. The molecule has 0 spiro atoms. The van der Waals surface area contributed by atoms with E-state index in [-0.39, 0.29) is 16.5 Å². The summed E-state index contributed by atoms with van der Waals surface area (Å²) >= 11 is 0.972. The number of carboxylic acid groups (broad SMARTS) is 1. The van der Waals surface area contributed by atoms with Gasteiger partial charge in [0, 0.05) is 12.6 Å². The van der Waals surface area contributed by atoms with Gasteiger partial charge >= 0.3 is 5.97 Å². The van der Waals surface area contributed by atoms with Crippen molar-refractivity contribution < 1.29 is 26.7 Å². The topological polar surface area (TPSA) is 122 Å². The van der Waals surface area contributed by atoms with E-state index in [1.165, 1.54) is 6.20 Å². The van der Waals surface area contributed by atoms with Crippen molar-refractivity contribution in [2.24, 2.45) is 0 Å². The van der Waals surface area contributed by atoms with Gasteiger partial charge in [0.25, 0.3) is 10.0 Å². The Morgan fingerprint density at radius 3 is 2.76 bits per heavy atom. The molecule has 8 nitrogen and oxygen atoms in total. The number of aryl methyl sites for hydroxylation is 1. The van der Waals surface area contributed by atoms with Crippen LogP contribution in [0, 0.1) is 6.92 Å². The molecule has 1 aromatic heterocycles. The number of aliphatic carboxylic acids is 1. The van der Waals surface area contributed by atoms with Crippen LogP contribution in [0.4, 0.5) is 0 Å². The van der Waals surface area contributed by atoms with E-state index < -0.39 is 44.0 Å². The van der Waals surface area contributed by atoms with E-state index in [0.717, 1.165) is 15.6 Å². The van der Waals surface area contributed by atoms with Crippen LogP contribution in [-0.4, -0.2) is 61.3 Å². The van der Waals surface area contributed by atoms with Crippen molar-refractivity contribution in [1.82, 2.24) is 9.29 Å². The lowest BCUT2D eigenvalue weighted by atomic mass is 10.2. The van der Waals surface area contributed by atoms with Gasteiger partial charge < -0.3 is 5.11 Å². The van der Waals surface area contributed by atoms with Crippen LogP contribution in [0.15, 0.2) is 10.4 Å². The molecule has 1 saturated heterocycles. The lowest BCUT2D eigenvalue weighted by molar-refractivity contribution is -0.137. The second kappa shape index (κ2) is 5.63. The fraction of sp³-hybridized carbons (Fsp3) is 0.600. The molecule has 1 aliphatic rings. The fourth-order valence-corrected chi connectivity index (χ4v) is 6.72. The minimum Gasteiger partial charge on any atom is -0.481 e. The van der Waals surface area contributed by atoms with Crippen molar-refractivity contribution >= 4 is 37.2 Å². The number of carbonyl (C=O) groups is 1. The van der Waals surface area contributed by atoms with Gasteiger partial charge in [0.1, 0.15) is 0 Å². The maximum absolute atomic E-state index is 12.5. The van der Waals surface area contributed by atoms with Crippen LogP contribution >= 0.6 is 11.3 Å². The van der Waals surface area contributed by atoms with Crippen molar-refractivity contribution in [3.8, 4) is 0 Å². The Bertz CT molecular complexity index is 752. The molecule has 21 heavy (non-hydrogen) atoms. The van der Waals surface area contributed by atoms with Gasteiger partial charge in [-0.3, -0.25) is 4.79 Å². The Hall–Kier alpha value is -1.04. The van der Waals surface area contributed by atoms with Crippen LogP contribution in [0.3, 0.4) is 0 Å². The zero-order valence-corrected chi connectivity index (χ0v) is 13.5. The lowest BCUT2D eigenvalue weighted by Gasteiger charge is -2.32. The maximum Gasteiger partial charge on any atom is 0.305 e. The second-order valence-corrected chi connectivity index (χ2v) is 10.3. The highest BCUT2D eigenvalue weighted by Crippen LogP contribution is 2.27. The molecule has 11 heteroatoms. The first-order valence-electron chi connectivity index (χ1n) is 5.98. The number of hydrogen-bond acceptors (Lipinski definition) is 7. The number of aromatic nitrogens is 1. The van der Waals surface area contributed by atoms with Crippen molar-refractivity contribution in [3.05, 3.63) is 11.2 Å². The zero-order valence-electron chi connectivity index (χ0n) is 11.1. The van der Waals surface area contributed by atoms with Gasteiger partial charge in [-0.05, 0) is 6.92 Å². The average molecular weight is 354 g/mol. The number of thiazole rings is 1. The Kier molecular flexibility index (Phi) is 4.38. The Balaban J connectivity index is 2.37. The first-order valence-corrected chi connectivity index (χ1v) is 10.1. The van der Waals surface area contributed by atoms with Crippen LogP contribution in [0.25, 0.3) is 0 Å². The minimum absolute atomic E-state index is 0.00492. The summed E-state index contributed by atoms with van der Waals surface area (Å²) in [7, 11) is -7.35. The van der Waals surface area contributed by atoms with Crippen molar-refractivity contribution in [3.63, 3.8) is 0 Å². The van der Waals surface area contributed by atoms with Crippen molar-refractivity contribution in [1.29, 1.82) is 0 Å². The van der Waals surface area contributed by atoms with Gasteiger partial charge in [0.15, 0.2) is 14.0 Å². The molecule has 2 heterocycles. The molecule has 1 unspecified atom stereocenters. The molecule has 0 radical (unpaired) electrons. The van der Waals surface area contributed by atoms with Crippen LogP contribution in [0.1, 0.15) is 11.4 Å². The summed E-state index contributed by atoms with van der Waals surface area (Å²) in [4.78, 5) is 14.7. The summed E-state index contributed by atoms with van der Waals surface area (Å²) < 4.78 is 49.2. The Morgan fingerprint density at radius 1 is 1.57 bits per heavy atom. The SMILES string of the molecule is Cc1ncc(S(=O)(=O)N2CCS(=O)(=O)CC2CC(=O)O)s1. The van der Waals surface area contributed by atoms with Gasteiger partial charge in [0.2, 0.25) is 0 Å². The van der Waals surface area contributed by atoms with Crippen LogP contribution < -0.4 is 0 Å². The maximum atomic E-state index is 12.5. The minimum atomic E-state index is -3.92. The van der Waals surface area contributed by atoms with Gasteiger partial charge in [-0.2, -0.15) is 4.31 Å². The molecule has 0 aliphatic carbocycles. The molecule has 1 aromatic rings. The van der Waals surface area contributed by atoms with Crippen LogP contribution in [0.2, 0.25) is 0 Å². The van der Waals surface area contributed by atoms with Crippen molar-refractivity contribution in [2.45, 2.75) is 23.6 Å². The summed E-state index contributed by atoms with van der Waals surface area (Å²) in [6.07, 6.45) is 0.659. The molecule has 1 N–H and O–H groups in total. The first kappa shape index (κ1) is 16.3. The van der Waals surface area contributed by atoms with E-state index in [2.05, 4.69) is 4.98 Å². The Labute approximate surface area is 126 Å². The molecule has 118 valence electrons. The third kappa shape index (κ3) is 3.59. The summed E-state index contributed by atoms with van der Waals surface area (Å²) in [6.45, 7) is 1.42. The number of carboxylic acids is 1. The van der Waals surface area contributed by atoms with E-state index in [1.54, 1.807) is 6.92 Å². The molecular formula is C10H14N2O6S3. The molecule has 0 amide bonds. The highest BCUT2D eigenvalue weighted by molar-refractivity contribution is 7.92. The number of rotatable bonds is 4.